The van der Waals surface area contributed by atoms with E-state index < -0.39 is 0 Å². The van der Waals surface area contributed by atoms with Crippen LogP contribution in [0, 0.1) is 0 Å². The zero-order valence-corrected chi connectivity index (χ0v) is 16.4. The van der Waals surface area contributed by atoms with Crippen molar-refractivity contribution in [3.63, 3.8) is 0 Å². The van der Waals surface area contributed by atoms with Crippen LogP contribution in [0.25, 0.3) is 0 Å². The summed E-state index contributed by atoms with van der Waals surface area (Å²) in [6.45, 7) is 1.37. The van der Waals surface area contributed by atoms with E-state index in [4.69, 9.17) is 4.42 Å². The number of amides is 1. The van der Waals surface area contributed by atoms with Gasteiger partial charge in [0, 0.05) is 28.4 Å². The highest BCUT2D eigenvalue weighted by Gasteiger charge is 2.45. The summed E-state index contributed by atoms with van der Waals surface area (Å²) in [5.74, 6) is 0.287. The molecular weight excluding hydrogens is 362 g/mol. The highest BCUT2D eigenvalue weighted by molar-refractivity contribution is 7.10. The van der Waals surface area contributed by atoms with Crippen LogP contribution in [0.15, 0.2) is 58.0 Å². The number of furan rings is 1. The predicted molar refractivity (Wildman–Crippen MR) is 107 cm³/mol. The van der Waals surface area contributed by atoms with E-state index in [1.165, 1.54) is 9.75 Å². The largest absolute Gasteiger partial charge is 0.472 e. The average molecular weight is 386 g/mol. The summed E-state index contributed by atoms with van der Waals surface area (Å²) in [5, 5.41) is 4.19. The summed E-state index contributed by atoms with van der Waals surface area (Å²) in [6.07, 6.45) is 8.53. The van der Waals surface area contributed by atoms with Gasteiger partial charge in [0.05, 0.1) is 17.9 Å². The lowest BCUT2D eigenvalue weighted by molar-refractivity contribution is -0.137. The van der Waals surface area contributed by atoms with E-state index in [2.05, 4.69) is 39.9 Å². The Morgan fingerprint density at radius 2 is 1.92 bits per heavy atom. The van der Waals surface area contributed by atoms with Crippen LogP contribution in [0.4, 0.5) is 0 Å². The van der Waals surface area contributed by atoms with Crippen molar-refractivity contribution in [2.24, 2.45) is 0 Å². The fraction of sp³-hybridized carbons (Fsp3) is 0.381. The van der Waals surface area contributed by atoms with Crippen LogP contribution >= 0.6 is 22.7 Å². The first-order valence-electron chi connectivity index (χ1n) is 9.15. The van der Waals surface area contributed by atoms with E-state index in [9.17, 15) is 4.79 Å². The van der Waals surface area contributed by atoms with Gasteiger partial charge in [-0.2, -0.15) is 0 Å². The molecule has 0 radical (unpaired) electrons. The molecule has 1 saturated carbocycles. The quantitative estimate of drug-likeness (QED) is 0.539. The van der Waals surface area contributed by atoms with Crippen molar-refractivity contribution in [3.8, 4) is 0 Å². The Morgan fingerprint density at radius 1 is 1.12 bits per heavy atom. The second-order valence-electron chi connectivity index (χ2n) is 6.95. The molecule has 0 unspecified atom stereocenters. The fourth-order valence-electron chi connectivity index (χ4n) is 3.95. The maximum Gasteiger partial charge on any atom is 0.234 e. The lowest BCUT2D eigenvalue weighted by Gasteiger charge is -2.34. The molecule has 0 bridgehead atoms. The minimum Gasteiger partial charge on any atom is -0.472 e. The van der Waals surface area contributed by atoms with Crippen LogP contribution in [0.3, 0.4) is 0 Å². The average Bonchev–Trinajstić information content (AvgIpc) is 3.45. The van der Waals surface area contributed by atoms with Crippen molar-refractivity contribution < 1.29 is 9.21 Å². The molecule has 1 amide bonds. The monoisotopic (exact) mass is 385 g/mol. The van der Waals surface area contributed by atoms with Gasteiger partial charge in [-0.25, -0.2) is 0 Å². The number of hydrogen-bond donors (Lipinski definition) is 0. The normalized spacial score (nSPS) is 16.0. The zero-order chi connectivity index (χ0) is 17.8. The highest BCUT2D eigenvalue weighted by Crippen LogP contribution is 2.44. The molecule has 3 aromatic rings. The van der Waals surface area contributed by atoms with Crippen molar-refractivity contribution in [3.05, 3.63) is 68.9 Å². The Labute approximate surface area is 162 Å². The Bertz CT molecular complexity index is 800. The molecule has 0 saturated heterocycles. The maximum atomic E-state index is 13.8. The maximum absolute atomic E-state index is 13.8. The molecular formula is C21H23NO2S2. The van der Waals surface area contributed by atoms with Crippen molar-refractivity contribution in [1.82, 2.24) is 4.90 Å². The minimum absolute atomic E-state index is 0.287. The van der Waals surface area contributed by atoms with Crippen LogP contribution in [0.1, 0.15) is 41.0 Å². The molecule has 0 atom stereocenters. The first-order valence-corrected chi connectivity index (χ1v) is 10.9. The molecule has 136 valence electrons. The van der Waals surface area contributed by atoms with Crippen LogP contribution in [-0.2, 0) is 23.2 Å². The zero-order valence-electron chi connectivity index (χ0n) is 14.7. The molecule has 26 heavy (non-hydrogen) atoms. The van der Waals surface area contributed by atoms with Crippen molar-refractivity contribution >= 4 is 28.6 Å². The second kappa shape index (κ2) is 7.80. The molecule has 1 aliphatic carbocycles. The molecule has 0 N–H and O–H groups in total. The number of hydrogen-bond acceptors (Lipinski definition) is 4. The van der Waals surface area contributed by atoms with E-state index in [1.807, 2.05) is 6.07 Å². The number of carbonyl (C=O) groups is 1. The first kappa shape index (κ1) is 17.6. The van der Waals surface area contributed by atoms with Crippen LogP contribution in [0.2, 0.25) is 0 Å². The predicted octanol–water partition coefficient (Wildman–Crippen LogP) is 5.49. The van der Waals surface area contributed by atoms with Gasteiger partial charge in [0.2, 0.25) is 5.91 Å². The van der Waals surface area contributed by atoms with Crippen molar-refractivity contribution in [2.45, 2.75) is 44.1 Å². The van der Waals surface area contributed by atoms with Gasteiger partial charge < -0.3 is 9.32 Å². The van der Waals surface area contributed by atoms with Gasteiger partial charge in [0.25, 0.3) is 0 Å². The summed E-state index contributed by atoms with van der Waals surface area (Å²) in [6, 6.07) is 10.4. The Kier molecular flexibility index (Phi) is 5.27. The molecule has 0 aromatic carbocycles. The van der Waals surface area contributed by atoms with E-state index in [-0.39, 0.29) is 11.3 Å². The SMILES string of the molecule is O=C(N(CCc1cccs1)Cc1ccoc1)C1(c2cccs2)CCCC1. The van der Waals surface area contributed by atoms with Crippen molar-refractivity contribution in [1.29, 1.82) is 0 Å². The molecule has 3 aromatic heterocycles. The third-order valence-corrected chi connectivity index (χ3v) is 7.32. The third kappa shape index (κ3) is 3.51. The van der Waals surface area contributed by atoms with Crippen LogP contribution in [0.5, 0.6) is 0 Å². The van der Waals surface area contributed by atoms with Gasteiger partial charge >= 0.3 is 0 Å². The first-order chi connectivity index (χ1) is 12.8. The lowest BCUT2D eigenvalue weighted by atomic mass is 9.82. The van der Waals surface area contributed by atoms with E-state index in [1.54, 1.807) is 35.2 Å². The summed E-state index contributed by atoms with van der Waals surface area (Å²) >= 11 is 3.48. The van der Waals surface area contributed by atoms with Crippen LogP contribution < -0.4 is 0 Å². The van der Waals surface area contributed by atoms with E-state index in [0.717, 1.165) is 44.2 Å². The summed E-state index contributed by atoms with van der Waals surface area (Å²) in [5.41, 5.74) is 0.733. The number of thiophene rings is 2. The fourth-order valence-corrected chi connectivity index (χ4v) is 5.63. The van der Waals surface area contributed by atoms with E-state index >= 15 is 0 Å². The lowest BCUT2D eigenvalue weighted by Crippen LogP contribution is -2.45. The summed E-state index contributed by atoms with van der Waals surface area (Å²) < 4.78 is 5.23. The van der Waals surface area contributed by atoms with Crippen LogP contribution in [-0.4, -0.2) is 17.4 Å². The summed E-state index contributed by atoms with van der Waals surface area (Å²) in [4.78, 5) is 18.4. The number of nitrogens with zero attached hydrogens (tertiary/aromatic N) is 1. The van der Waals surface area contributed by atoms with Gasteiger partial charge in [-0.15, -0.1) is 22.7 Å². The molecule has 3 nitrogen and oxygen atoms in total. The van der Waals surface area contributed by atoms with Gasteiger partial charge in [0.1, 0.15) is 0 Å². The summed E-state index contributed by atoms with van der Waals surface area (Å²) in [7, 11) is 0. The van der Waals surface area contributed by atoms with E-state index in [0.29, 0.717) is 6.54 Å². The Morgan fingerprint density at radius 3 is 2.58 bits per heavy atom. The molecule has 0 aliphatic heterocycles. The number of carbonyl (C=O) groups excluding carboxylic acids is 1. The third-order valence-electron chi connectivity index (χ3n) is 5.31. The van der Waals surface area contributed by atoms with Gasteiger partial charge in [0.15, 0.2) is 0 Å². The molecule has 5 heteroatoms. The molecule has 0 spiro atoms. The van der Waals surface area contributed by atoms with Gasteiger partial charge in [-0.3, -0.25) is 4.79 Å². The molecule has 3 heterocycles. The minimum atomic E-state index is -0.326. The smallest absolute Gasteiger partial charge is 0.234 e. The molecule has 1 fully saturated rings. The second-order valence-corrected chi connectivity index (χ2v) is 8.93. The highest BCUT2D eigenvalue weighted by atomic mass is 32.1. The standard InChI is InChI=1S/C21H23NO2S2/c23-20(21(9-1-2-10-21)19-6-4-14-26-19)22(15-17-8-12-24-16-17)11-7-18-5-3-13-25-18/h3-6,8,12-14,16H,1-2,7,9-11,15H2. The van der Waals surface area contributed by atoms with Gasteiger partial charge in [-0.05, 0) is 48.2 Å². The Hall–Kier alpha value is -1.85. The van der Waals surface area contributed by atoms with Crippen molar-refractivity contribution in [2.75, 3.05) is 6.54 Å². The Balaban J connectivity index is 1.59. The number of rotatable bonds is 7. The van der Waals surface area contributed by atoms with Gasteiger partial charge in [-0.1, -0.05) is 25.0 Å². The molecule has 1 aliphatic rings. The molecule has 4 rings (SSSR count). The topological polar surface area (TPSA) is 33.5 Å².